The summed E-state index contributed by atoms with van der Waals surface area (Å²) in [5.74, 6) is 0.0567. The van der Waals surface area contributed by atoms with E-state index in [0.717, 1.165) is 12.1 Å². The summed E-state index contributed by atoms with van der Waals surface area (Å²) in [5, 5.41) is 5.23. The van der Waals surface area contributed by atoms with E-state index in [-0.39, 0.29) is 5.91 Å². The number of carbonyl (C=O) groups excluding carboxylic acids is 1. The fourth-order valence-electron chi connectivity index (χ4n) is 3.73. The molecule has 3 aromatic rings. The number of benzene rings is 1. The smallest absolute Gasteiger partial charge is 0.267 e. The maximum absolute atomic E-state index is 12.8. The summed E-state index contributed by atoms with van der Waals surface area (Å²) in [6, 6.07) is 15.0. The van der Waals surface area contributed by atoms with Crippen LogP contribution >= 0.6 is 11.3 Å². The van der Waals surface area contributed by atoms with E-state index in [0.29, 0.717) is 12.6 Å². The first-order valence-electron chi connectivity index (χ1n) is 8.73. The quantitative estimate of drug-likeness (QED) is 0.713. The van der Waals surface area contributed by atoms with Crippen LogP contribution in [0.1, 0.15) is 47.8 Å². The summed E-state index contributed by atoms with van der Waals surface area (Å²) in [7, 11) is 0. The first kappa shape index (κ1) is 15.5. The SMILES string of the molecule is O=C(NCCc1ccccc1)c1cc2sccc2n1C1CCCC1. The van der Waals surface area contributed by atoms with Crippen molar-refractivity contribution in [2.45, 2.75) is 38.1 Å². The van der Waals surface area contributed by atoms with E-state index in [1.54, 1.807) is 11.3 Å². The van der Waals surface area contributed by atoms with E-state index in [4.69, 9.17) is 0 Å². The third-order valence-electron chi connectivity index (χ3n) is 4.92. The number of nitrogens with zero attached hydrogens (tertiary/aromatic N) is 1. The highest BCUT2D eigenvalue weighted by Crippen LogP contribution is 2.36. The van der Waals surface area contributed by atoms with Crippen molar-refractivity contribution in [3.63, 3.8) is 0 Å². The van der Waals surface area contributed by atoms with Gasteiger partial charge >= 0.3 is 0 Å². The van der Waals surface area contributed by atoms with Crippen LogP contribution in [0, 0.1) is 0 Å². The zero-order valence-electron chi connectivity index (χ0n) is 13.7. The number of aromatic nitrogens is 1. The van der Waals surface area contributed by atoms with Crippen LogP contribution in [-0.4, -0.2) is 17.0 Å². The van der Waals surface area contributed by atoms with Gasteiger partial charge in [-0.2, -0.15) is 0 Å². The van der Waals surface area contributed by atoms with Crippen molar-refractivity contribution >= 4 is 27.5 Å². The van der Waals surface area contributed by atoms with Crippen LogP contribution in [0.3, 0.4) is 0 Å². The summed E-state index contributed by atoms with van der Waals surface area (Å²) in [6.45, 7) is 0.673. The topological polar surface area (TPSA) is 34.0 Å². The zero-order chi connectivity index (χ0) is 16.4. The van der Waals surface area contributed by atoms with Gasteiger partial charge < -0.3 is 9.88 Å². The Kier molecular flexibility index (Phi) is 4.39. The summed E-state index contributed by atoms with van der Waals surface area (Å²) in [5.41, 5.74) is 3.31. The van der Waals surface area contributed by atoms with Crippen molar-refractivity contribution < 1.29 is 4.79 Å². The Bertz CT molecular complexity index is 828. The minimum absolute atomic E-state index is 0.0567. The number of nitrogens with one attached hydrogen (secondary N) is 1. The molecule has 0 spiro atoms. The molecule has 3 nitrogen and oxygen atoms in total. The zero-order valence-corrected chi connectivity index (χ0v) is 14.5. The molecule has 1 fully saturated rings. The maximum Gasteiger partial charge on any atom is 0.267 e. The van der Waals surface area contributed by atoms with Crippen LogP contribution < -0.4 is 5.32 Å². The minimum Gasteiger partial charge on any atom is -0.350 e. The van der Waals surface area contributed by atoms with Gasteiger partial charge in [-0.25, -0.2) is 0 Å². The Labute approximate surface area is 146 Å². The molecule has 4 heteroatoms. The molecule has 0 atom stereocenters. The number of amides is 1. The molecule has 124 valence electrons. The third kappa shape index (κ3) is 2.98. The van der Waals surface area contributed by atoms with Gasteiger partial charge in [-0.3, -0.25) is 4.79 Å². The Morgan fingerprint density at radius 3 is 2.75 bits per heavy atom. The van der Waals surface area contributed by atoms with Crippen molar-refractivity contribution in [2.24, 2.45) is 0 Å². The Morgan fingerprint density at radius 2 is 1.96 bits per heavy atom. The van der Waals surface area contributed by atoms with E-state index >= 15 is 0 Å². The number of carbonyl (C=O) groups is 1. The van der Waals surface area contributed by atoms with Crippen LogP contribution in [0.2, 0.25) is 0 Å². The first-order valence-corrected chi connectivity index (χ1v) is 9.61. The average molecular weight is 338 g/mol. The summed E-state index contributed by atoms with van der Waals surface area (Å²) < 4.78 is 3.51. The Balaban J connectivity index is 1.51. The van der Waals surface area contributed by atoms with Crippen LogP contribution in [0.15, 0.2) is 47.8 Å². The van der Waals surface area contributed by atoms with Gasteiger partial charge in [0, 0.05) is 12.6 Å². The molecule has 1 aliphatic carbocycles. The van der Waals surface area contributed by atoms with Gasteiger partial charge in [0.2, 0.25) is 0 Å². The molecule has 1 amide bonds. The van der Waals surface area contributed by atoms with E-state index in [1.165, 1.54) is 41.5 Å². The van der Waals surface area contributed by atoms with Crippen molar-refractivity contribution in [3.05, 3.63) is 59.1 Å². The predicted octanol–water partition coefficient (Wildman–Crippen LogP) is 4.79. The van der Waals surface area contributed by atoms with Gasteiger partial charge in [-0.05, 0) is 42.3 Å². The van der Waals surface area contributed by atoms with E-state index in [9.17, 15) is 4.79 Å². The van der Waals surface area contributed by atoms with Gasteiger partial charge in [0.15, 0.2) is 0 Å². The lowest BCUT2D eigenvalue weighted by Gasteiger charge is -2.17. The van der Waals surface area contributed by atoms with E-state index in [2.05, 4.69) is 39.5 Å². The van der Waals surface area contributed by atoms with Gasteiger partial charge in [-0.1, -0.05) is 43.2 Å². The molecule has 0 unspecified atom stereocenters. The second kappa shape index (κ2) is 6.81. The van der Waals surface area contributed by atoms with Crippen molar-refractivity contribution in [1.29, 1.82) is 0 Å². The molecule has 1 aliphatic rings. The van der Waals surface area contributed by atoms with Gasteiger partial charge in [0.1, 0.15) is 5.69 Å². The minimum atomic E-state index is 0.0567. The van der Waals surface area contributed by atoms with Crippen LogP contribution in [-0.2, 0) is 6.42 Å². The summed E-state index contributed by atoms with van der Waals surface area (Å²) in [6.07, 6.45) is 5.77. The molecule has 0 saturated heterocycles. The van der Waals surface area contributed by atoms with Crippen molar-refractivity contribution in [1.82, 2.24) is 9.88 Å². The molecule has 1 saturated carbocycles. The largest absolute Gasteiger partial charge is 0.350 e. The second-order valence-corrected chi connectivity index (χ2v) is 7.45. The highest BCUT2D eigenvalue weighted by Gasteiger charge is 2.24. The standard InChI is InChI=1S/C20H22N2OS/c23-20(21-12-10-15-6-2-1-3-7-15)18-14-19-17(11-13-24-19)22(18)16-8-4-5-9-16/h1-3,6-7,11,13-14,16H,4-5,8-10,12H2,(H,21,23). The molecule has 0 aliphatic heterocycles. The predicted molar refractivity (Wildman–Crippen MR) is 99.8 cm³/mol. The molecular weight excluding hydrogens is 316 g/mol. The highest BCUT2D eigenvalue weighted by molar-refractivity contribution is 7.17. The molecule has 4 rings (SSSR count). The lowest BCUT2D eigenvalue weighted by molar-refractivity contribution is 0.0943. The number of fused-ring (bicyclic) bond motifs is 1. The molecule has 1 N–H and O–H groups in total. The van der Waals surface area contributed by atoms with Crippen LogP contribution in [0.25, 0.3) is 10.2 Å². The monoisotopic (exact) mass is 338 g/mol. The number of hydrogen-bond acceptors (Lipinski definition) is 2. The summed E-state index contributed by atoms with van der Waals surface area (Å²) >= 11 is 1.72. The van der Waals surface area contributed by atoms with E-state index < -0.39 is 0 Å². The fourth-order valence-corrected chi connectivity index (χ4v) is 4.54. The number of thiophene rings is 1. The van der Waals surface area contributed by atoms with Crippen LogP contribution in [0.4, 0.5) is 0 Å². The van der Waals surface area contributed by atoms with Gasteiger partial charge in [0.05, 0.1) is 10.2 Å². The Hall–Kier alpha value is -2.07. The highest BCUT2D eigenvalue weighted by atomic mass is 32.1. The first-order chi connectivity index (χ1) is 11.8. The fraction of sp³-hybridized carbons (Fsp3) is 0.350. The average Bonchev–Trinajstić information content (AvgIpc) is 3.32. The Morgan fingerprint density at radius 1 is 1.17 bits per heavy atom. The molecule has 0 bridgehead atoms. The third-order valence-corrected chi connectivity index (χ3v) is 5.78. The van der Waals surface area contributed by atoms with E-state index in [1.807, 2.05) is 18.2 Å². The van der Waals surface area contributed by atoms with Gasteiger partial charge in [0.25, 0.3) is 5.91 Å². The molecule has 2 aromatic heterocycles. The molecular formula is C20H22N2OS. The molecule has 24 heavy (non-hydrogen) atoms. The second-order valence-electron chi connectivity index (χ2n) is 6.50. The lowest BCUT2D eigenvalue weighted by Crippen LogP contribution is -2.28. The van der Waals surface area contributed by atoms with Gasteiger partial charge in [-0.15, -0.1) is 11.3 Å². The molecule has 1 aromatic carbocycles. The maximum atomic E-state index is 12.8. The van der Waals surface area contributed by atoms with Crippen molar-refractivity contribution in [3.8, 4) is 0 Å². The molecule has 0 radical (unpaired) electrons. The van der Waals surface area contributed by atoms with Crippen LogP contribution in [0.5, 0.6) is 0 Å². The van der Waals surface area contributed by atoms with Crippen molar-refractivity contribution in [2.75, 3.05) is 6.54 Å². The normalized spacial score (nSPS) is 15.2. The summed E-state index contributed by atoms with van der Waals surface area (Å²) in [4.78, 5) is 12.8. The lowest BCUT2D eigenvalue weighted by atomic mass is 10.1. The number of rotatable bonds is 5. The molecule has 2 heterocycles. The number of hydrogen-bond donors (Lipinski definition) is 1.